The Kier molecular flexibility index (Phi) is 2.63. The van der Waals surface area contributed by atoms with E-state index in [1.807, 2.05) is 0 Å². The topological polar surface area (TPSA) is 29.5 Å². The van der Waals surface area contributed by atoms with Gasteiger partial charge in [0.05, 0.1) is 0 Å². The van der Waals surface area contributed by atoms with Crippen molar-refractivity contribution in [2.75, 3.05) is 0 Å². The van der Waals surface area contributed by atoms with Crippen molar-refractivity contribution in [1.82, 2.24) is 0 Å². The van der Waals surface area contributed by atoms with Crippen molar-refractivity contribution >= 4 is 0 Å². The summed E-state index contributed by atoms with van der Waals surface area (Å²) in [5, 5.41) is 8.61. The van der Waals surface area contributed by atoms with Gasteiger partial charge in [0.15, 0.2) is 0 Å². The molecule has 0 aromatic rings. The van der Waals surface area contributed by atoms with Gasteiger partial charge in [0.1, 0.15) is 11.5 Å². The molecule has 0 amide bonds. The maximum absolute atomic E-state index is 12.0. The molecule has 0 atom stereocenters. The Bertz CT molecular complexity index is 142. The van der Waals surface area contributed by atoms with Gasteiger partial charge >= 0.3 is 6.11 Å². The molecule has 0 aliphatic heterocycles. The van der Waals surface area contributed by atoms with E-state index in [0.717, 1.165) is 0 Å². The number of ether oxygens (including phenoxy) is 1. The smallest absolute Gasteiger partial charge is 0.394 e. The zero-order valence-corrected chi connectivity index (χ0v) is 6.11. The molecule has 0 radical (unpaired) electrons. The van der Waals surface area contributed by atoms with Crippen molar-refractivity contribution in [1.29, 1.82) is 0 Å². The Morgan fingerprint density at radius 2 is 1.80 bits per heavy atom. The minimum absolute atomic E-state index is 0.160. The SMILES string of the molecule is C/C(O)=C(\C)OC(C)(F)F. The van der Waals surface area contributed by atoms with Crippen LogP contribution in [-0.4, -0.2) is 11.2 Å². The van der Waals surface area contributed by atoms with Gasteiger partial charge in [-0.25, -0.2) is 0 Å². The summed E-state index contributed by atoms with van der Waals surface area (Å²) in [6.07, 6.45) is -3.21. The van der Waals surface area contributed by atoms with Crippen LogP contribution in [0.1, 0.15) is 20.8 Å². The van der Waals surface area contributed by atoms with Crippen LogP contribution in [0, 0.1) is 0 Å². The predicted octanol–water partition coefficient (Wildman–Crippen LogP) is 2.43. The van der Waals surface area contributed by atoms with Gasteiger partial charge in [-0.05, 0) is 13.8 Å². The zero-order chi connectivity index (χ0) is 8.36. The largest absolute Gasteiger partial charge is 0.509 e. The Morgan fingerprint density at radius 1 is 1.40 bits per heavy atom. The number of aliphatic hydroxyl groups excluding tert-OH is 1. The average Bonchev–Trinajstić information content (AvgIpc) is 1.60. The molecule has 0 fully saturated rings. The fraction of sp³-hybridized carbons (Fsp3) is 0.667. The van der Waals surface area contributed by atoms with Gasteiger partial charge < -0.3 is 9.84 Å². The normalized spacial score (nSPS) is 14.5. The Labute approximate surface area is 58.1 Å². The van der Waals surface area contributed by atoms with Gasteiger partial charge in [-0.2, -0.15) is 8.78 Å². The Balaban J connectivity index is 4.06. The van der Waals surface area contributed by atoms with E-state index in [0.29, 0.717) is 6.92 Å². The number of halogens is 2. The first-order valence-electron chi connectivity index (χ1n) is 2.76. The van der Waals surface area contributed by atoms with E-state index in [-0.39, 0.29) is 11.5 Å². The first-order valence-corrected chi connectivity index (χ1v) is 2.76. The zero-order valence-electron chi connectivity index (χ0n) is 6.11. The molecule has 0 saturated heterocycles. The van der Waals surface area contributed by atoms with Crippen LogP contribution in [0.25, 0.3) is 0 Å². The van der Waals surface area contributed by atoms with Crippen LogP contribution in [0.5, 0.6) is 0 Å². The van der Waals surface area contributed by atoms with E-state index in [9.17, 15) is 8.78 Å². The fourth-order valence-electron chi connectivity index (χ4n) is 0.343. The lowest BCUT2D eigenvalue weighted by molar-refractivity contribution is -0.199. The summed E-state index contributed by atoms with van der Waals surface area (Å²) in [5.41, 5.74) is 0. The highest BCUT2D eigenvalue weighted by molar-refractivity contribution is 4.92. The second-order valence-corrected chi connectivity index (χ2v) is 2.05. The van der Waals surface area contributed by atoms with Crippen LogP contribution < -0.4 is 0 Å². The first kappa shape index (κ1) is 9.20. The average molecular weight is 152 g/mol. The number of aliphatic hydroxyl groups is 1. The number of hydrogen-bond acceptors (Lipinski definition) is 2. The summed E-state index contributed by atoms with van der Waals surface area (Å²) in [5.74, 6) is -0.394. The van der Waals surface area contributed by atoms with Crippen LogP contribution in [0.15, 0.2) is 11.5 Å². The number of allylic oxidation sites excluding steroid dienone is 2. The lowest BCUT2D eigenvalue weighted by Crippen LogP contribution is -2.14. The van der Waals surface area contributed by atoms with Crippen LogP contribution in [0.2, 0.25) is 0 Å². The minimum atomic E-state index is -3.21. The van der Waals surface area contributed by atoms with Gasteiger partial charge in [0.25, 0.3) is 0 Å². The quantitative estimate of drug-likeness (QED) is 0.615. The van der Waals surface area contributed by atoms with Crippen molar-refractivity contribution in [3.05, 3.63) is 11.5 Å². The summed E-state index contributed by atoms with van der Waals surface area (Å²) in [6, 6.07) is 0. The Morgan fingerprint density at radius 3 is 1.90 bits per heavy atom. The fourth-order valence-corrected chi connectivity index (χ4v) is 0.343. The van der Waals surface area contributed by atoms with Crippen LogP contribution in [0.4, 0.5) is 8.78 Å². The minimum Gasteiger partial charge on any atom is -0.509 e. The summed E-state index contributed by atoms with van der Waals surface area (Å²) in [7, 11) is 0. The summed E-state index contributed by atoms with van der Waals surface area (Å²) in [6.45, 7) is 3.16. The van der Waals surface area contributed by atoms with Crippen molar-refractivity contribution in [3.8, 4) is 0 Å². The number of hydrogen-bond donors (Lipinski definition) is 1. The number of alkyl halides is 2. The van der Waals surface area contributed by atoms with Crippen molar-refractivity contribution < 1.29 is 18.6 Å². The molecule has 0 aromatic heterocycles. The lowest BCUT2D eigenvalue weighted by atomic mass is 10.5. The summed E-state index contributed by atoms with van der Waals surface area (Å²) >= 11 is 0. The highest BCUT2D eigenvalue weighted by atomic mass is 19.3. The van der Waals surface area contributed by atoms with Crippen LogP contribution >= 0.6 is 0 Å². The summed E-state index contributed by atoms with van der Waals surface area (Å²) < 4.78 is 27.9. The second kappa shape index (κ2) is 2.86. The van der Waals surface area contributed by atoms with Crippen LogP contribution in [0.3, 0.4) is 0 Å². The third kappa shape index (κ3) is 4.12. The predicted molar refractivity (Wildman–Crippen MR) is 32.7 cm³/mol. The van der Waals surface area contributed by atoms with Gasteiger partial charge in [-0.15, -0.1) is 0 Å². The van der Waals surface area contributed by atoms with E-state index in [1.54, 1.807) is 0 Å². The maximum atomic E-state index is 12.0. The maximum Gasteiger partial charge on any atom is 0.394 e. The number of rotatable bonds is 2. The van der Waals surface area contributed by atoms with Crippen molar-refractivity contribution in [2.45, 2.75) is 26.9 Å². The standard InChI is InChI=1S/C6H10F2O2/c1-4(9)5(2)10-6(3,7)8/h9H,1-3H3/b5-4-. The van der Waals surface area contributed by atoms with E-state index in [2.05, 4.69) is 4.74 Å². The molecule has 4 heteroatoms. The molecule has 0 aliphatic carbocycles. The van der Waals surface area contributed by atoms with E-state index in [1.165, 1.54) is 13.8 Å². The molecule has 0 unspecified atom stereocenters. The molecule has 2 nitrogen and oxygen atoms in total. The Hall–Kier alpha value is -0.800. The monoisotopic (exact) mass is 152 g/mol. The van der Waals surface area contributed by atoms with Crippen molar-refractivity contribution in [2.24, 2.45) is 0 Å². The molecule has 0 aliphatic rings. The van der Waals surface area contributed by atoms with Gasteiger partial charge in [0, 0.05) is 6.92 Å². The highest BCUT2D eigenvalue weighted by Gasteiger charge is 2.23. The van der Waals surface area contributed by atoms with Gasteiger partial charge in [-0.1, -0.05) is 0 Å². The molecule has 0 aromatic carbocycles. The van der Waals surface area contributed by atoms with E-state index >= 15 is 0 Å². The molecule has 10 heavy (non-hydrogen) atoms. The first-order chi connectivity index (χ1) is 4.33. The lowest BCUT2D eigenvalue weighted by Gasteiger charge is -2.13. The molecule has 0 spiro atoms. The molecular weight excluding hydrogens is 142 g/mol. The third-order valence-electron chi connectivity index (χ3n) is 0.842. The van der Waals surface area contributed by atoms with Gasteiger partial charge in [0.2, 0.25) is 0 Å². The van der Waals surface area contributed by atoms with E-state index < -0.39 is 6.11 Å². The van der Waals surface area contributed by atoms with Crippen molar-refractivity contribution in [3.63, 3.8) is 0 Å². The van der Waals surface area contributed by atoms with Crippen LogP contribution in [-0.2, 0) is 4.74 Å². The molecular formula is C6H10F2O2. The molecule has 0 bridgehead atoms. The summed E-state index contributed by atoms with van der Waals surface area (Å²) in [4.78, 5) is 0. The molecule has 0 heterocycles. The molecule has 1 N–H and O–H groups in total. The molecule has 0 rings (SSSR count). The third-order valence-corrected chi connectivity index (χ3v) is 0.842. The molecule has 60 valence electrons. The van der Waals surface area contributed by atoms with Gasteiger partial charge in [-0.3, -0.25) is 0 Å². The highest BCUT2D eigenvalue weighted by Crippen LogP contribution is 2.18. The van der Waals surface area contributed by atoms with E-state index in [4.69, 9.17) is 5.11 Å². The second-order valence-electron chi connectivity index (χ2n) is 2.05. The molecule has 0 saturated carbocycles.